The molecule has 2 N–H and O–H groups in total. The van der Waals surface area contributed by atoms with Crippen LogP contribution in [0.1, 0.15) is 0 Å². The Bertz CT molecular complexity index is 35.9. The third-order valence-corrected chi connectivity index (χ3v) is 0. The fourth-order valence-corrected chi connectivity index (χ4v) is 0. The van der Waals surface area contributed by atoms with Crippen molar-refractivity contribution >= 4 is 46.9 Å². The van der Waals surface area contributed by atoms with E-state index in [9.17, 15) is 0 Å². The molecule has 0 aliphatic carbocycles. The molecule has 0 atom stereocenters. The first-order valence-electron chi connectivity index (χ1n) is 0.651. The molecule has 0 rings (SSSR count). The third kappa shape index (κ3) is 276. The maximum atomic E-state index is 8.74. The minimum atomic E-state index is -3.13. The van der Waals surface area contributed by atoms with Gasteiger partial charge in [0.1, 0.15) is 0 Å². The number of rotatable bonds is 0. The molecule has 0 heterocycles. The quantitative estimate of drug-likeness (QED) is 0.335. The summed E-state index contributed by atoms with van der Waals surface area (Å²) in [7, 11) is -3.13. The Hall–Kier alpha value is 0.742. The van der Waals surface area contributed by atoms with Crippen molar-refractivity contribution in [3.63, 3.8) is 0 Å². The van der Waals surface area contributed by atoms with Crippen LogP contribution in [0.3, 0.4) is 0 Å². The van der Waals surface area contributed by atoms with Gasteiger partial charge in [0, 0.05) is 0 Å². The Morgan fingerprint density at radius 1 is 1.14 bits per heavy atom. The van der Waals surface area contributed by atoms with Crippen LogP contribution in [0, 0.1) is 0 Å². The van der Waals surface area contributed by atoms with Crippen LogP contribution in [0.4, 0.5) is 4.70 Å². The Morgan fingerprint density at radius 3 is 1.14 bits per heavy atom. The van der Waals surface area contributed by atoms with E-state index in [0.717, 1.165) is 0 Å². The average molecular weight is 114 g/mol. The summed E-state index contributed by atoms with van der Waals surface area (Å²) in [6.07, 6.45) is 0. The van der Waals surface area contributed by atoms with Crippen LogP contribution < -0.4 is 0 Å². The second kappa shape index (κ2) is 15.9. The van der Waals surface area contributed by atoms with E-state index in [4.69, 9.17) is 14.1 Å². The molecule has 0 aromatic heterocycles. The van der Waals surface area contributed by atoms with Crippen molar-refractivity contribution in [1.82, 2.24) is 0 Å². The maximum absolute atomic E-state index is 8.74. The summed E-state index contributed by atoms with van der Waals surface area (Å²) in [6, 6.07) is 0. The van der Waals surface area contributed by atoms with Crippen molar-refractivity contribution in [3.8, 4) is 0 Å². The normalized spacial score (nSPS) is 3.43. The van der Waals surface area contributed by atoms with Crippen molar-refractivity contribution in [1.29, 1.82) is 0 Å². The Labute approximate surface area is 65.7 Å². The van der Waals surface area contributed by atoms with Gasteiger partial charge in [0.15, 0.2) is 0 Å². The molecule has 0 amide bonds. The Balaban J connectivity index is -0.0000000150. The zero-order valence-electron chi connectivity index (χ0n) is 2.21. The molecule has 7 heteroatoms. The topological polar surface area (TPSA) is 57.5 Å². The Morgan fingerprint density at radius 2 is 1.14 bits per heavy atom. The van der Waals surface area contributed by atoms with Crippen LogP contribution in [0.2, 0.25) is 0 Å². The van der Waals surface area contributed by atoms with Crippen molar-refractivity contribution in [2.75, 3.05) is 0 Å². The number of halogens is 1. The van der Waals surface area contributed by atoms with Crippen molar-refractivity contribution in [2.24, 2.45) is 0 Å². The summed E-state index contributed by atoms with van der Waals surface area (Å²) in [5.74, 6) is 0. The van der Waals surface area contributed by atoms with Crippen LogP contribution in [0.15, 0.2) is 0 Å². The van der Waals surface area contributed by atoms with E-state index < -0.39 is 9.17 Å². The Kier molecular flexibility index (Phi) is 57.0. The van der Waals surface area contributed by atoms with Crippen LogP contribution >= 0.6 is 0 Å². The molecule has 0 saturated heterocycles. The predicted octanol–water partition coefficient (Wildman–Crippen LogP) is -2.76. The van der Waals surface area contributed by atoms with E-state index in [1.54, 1.807) is 0 Å². The van der Waals surface area contributed by atoms with Crippen LogP contribution in [-0.4, -0.2) is 56.5 Å². The molecular weight excluding hydrogens is 109 g/mol. The van der Waals surface area contributed by atoms with Crippen LogP contribution in [0.25, 0.3) is 0 Å². The van der Waals surface area contributed by atoms with Gasteiger partial charge in [0.2, 0.25) is 0 Å². The van der Waals surface area contributed by atoms with Gasteiger partial charge in [0.05, 0.1) is 0 Å². The molecule has 0 bridgehead atoms. The van der Waals surface area contributed by atoms with Gasteiger partial charge in [-0.2, -0.15) is 0 Å². The van der Waals surface area contributed by atoms with Gasteiger partial charge in [-0.05, 0) is 0 Å². The second-order valence-corrected chi connectivity index (χ2v) is 0.848. The van der Waals surface area contributed by atoms with Gasteiger partial charge in [-0.3, -0.25) is 9.17 Å². The number of hydrogen-bond acceptors (Lipinski definition) is 1. The standard InChI is InChI=1S/FH.2Li.H2O3Si.2H/c;;;1-4(2)3;;/h1H;;;1-2H;;. The molecule has 36 valence electrons. The van der Waals surface area contributed by atoms with E-state index in [-0.39, 0.29) is 42.4 Å². The monoisotopic (exact) mass is 114 g/mol. The molecule has 0 saturated carbocycles. The van der Waals surface area contributed by atoms with Crippen molar-refractivity contribution in [2.45, 2.75) is 0 Å². The SMILES string of the molecule is F.O=[Si](O)O.[LiH].[LiH]. The molecule has 0 aliphatic heterocycles. The van der Waals surface area contributed by atoms with Crippen LogP contribution in [0.5, 0.6) is 0 Å². The molecule has 0 fully saturated rings. The average Bonchev–Trinajstić information content (AvgIpc) is 0.811. The van der Waals surface area contributed by atoms with Gasteiger partial charge in [0.25, 0.3) is 0 Å². The summed E-state index contributed by atoms with van der Waals surface area (Å²) in [6.45, 7) is 0. The van der Waals surface area contributed by atoms with E-state index >= 15 is 0 Å². The van der Waals surface area contributed by atoms with Crippen molar-refractivity contribution in [3.05, 3.63) is 0 Å². The number of hydrogen-bond donors (Lipinski definition) is 2. The van der Waals surface area contributed by atoms with Gasteiger partial charge in [-0.15, -0.1) is 0 Å². The first-order chi connectivity index (χ1) is 1.73. The first-order valence-corrected chi connectivity index (χ1v) is 1.95. The molecule has 3 nitrogen and oxygen atoms in total. The van der Waals surface area contributed by atoms with Gasteiger partial charge < -0.3 is 9.59 Å². The molecule has 0 spiro atoms. The summed E-state index contributed by atoms with van der Waals surface area (Å²) < 4.78 is 8.74. The minimum absolute atomic E-state index is 0. The van der Waals surface area contributed by atoms with E-state index in [1.165, 1.54) is 0 Å². The zero-order valence-corrected chi connectivity index (χ0v) is 3.21. The fraction of sp³-hybridized carbons (Fsp3) is 0. The molecule has 0 radical (unpaired) electrons. The van der Waals surface area contributed by atoms with Gasteiger partial charge >= 0.3 is 46.9 Å². The van der Waals surface area contributed by atoms with Gasteiger partial charge in [-0.1, -0.05) is 0 Å². The fourth-order valence-electron chi connectivity index (χ4n) is 0. The van der Waals surface area contributed by atoms with E-state index in [2.05, 4.69) is 0 Å². The zero-order chi connectivity index (χ0) is 3.58. The molecule has 0 aliphatic rings. The van der Waals surface area contributed by atoms with E-state index in [0.29, 0.717) is 0 Å². The summed E-state index contributed by atoms with van der Waals surface area (Å²) in [5, 5.41) is 0. The molecule has 7 heavy (non-hydrogen) atoms. The second-order valence-electron chi connectivity index (χ2n) is 0.283. The predicted molar refractivity (Wildman–Crippen MR) is 27.7 cm³/mol. The summed E-state index contributed by atoms with van der Waals surface area (Å²) in [5.41, 5.74) is 0. The first kappa shape index (κ1) is 25.1. The molecule has 0 aromatic carbocycles. The summed E-state index contributed by atoms with van der Waals surface area (Å²) >= 11 is 0. The van der Waals surface area contributed by atoms with Crippen molar-refractivity contribution < 1.29 is 18.8 Å². The van der Waals surface area contributed by atoms with Gasteiger partial charge in [-0.25, -0.2) is 0 Å². The molecule has 0 aromatic rings. The van der Waals surface area contributed by atoms with Crippen LogP contribution in [-0.2, 0) is 4.46 Å². The molecule has 0 unspecified atom stereocenters. The van der Waals surface area contributed by atoms with E-state index in [1.807, 2.05) is 0 Å². The summed E-state index contributed by atoms with van der Waals surface area (Å²) in [4.78, 5) is 14.3. The molecular formula is H5FLi2O3Si. The third-order valence-electron chi connectivity index (χ3n) is 0.